The monoisotopic (exact) mass is 421 g/mol. The minimum absolute atomic E-state index is 0.0359. The molecule has 1 saturated heterocycles. The Labute approximate surface area is 170 Å². The number of fused-ring (bicyclic) bond motifs is 1. The van der Waals surface area contributed by atoms with Crippen molar-refractivity contribution in [2.45, 2.75) is 30.7 Å². The first-order valence-electron chi connectivity index (χ1n) is 9.08. The van der Waals surface area contributed by atoms with Crippen molar-refractivity contribution in [2.24, 2.45) is 0 Å². The third-order valence-electron chi connectivity index (χ3n) is 4.96. The second-order valence-electron chi connectivity index (χ2n) is 7.08. The molecule has 5 atom stereocenters. The van der Waals surface area contributed by atoms with Crippen LogP contribution in [-0.2, 0) is 9.47 Å². The topological polar surface area (TPSA) is 173 Å². The molecule has 2 heterocycles. The van der Waals surface area contributed by atoms with Crippen LogP contribution in [0.5, 0.6) is 11.5 Å². The molecule has 0 spiro atoms. The predicted molar refractivity (Wildman–Crippen MR) is 101 cm³/mol. The van der Waals surface area contributed by atoms with E-state index in [1.54, 1.807) is 0 Å². The van der Waals surface area contributed by atoms with E-state index >= 15 is 0 Å². The van der Waals surface area contributed by atoms with E-state index in [1.165, 1.54) is 30.4 Å². The predicted octanol–water partition coefficient (Wildman–Crippen LogP) is -0.0440. The Hall–Kier alpha value is -3.18. The van der Waals surface area contributed by atoms with Crippen molar-refractivity contribution in [3.8, 4) is 11.5 Å². The number of hydrogen-bond acceptors (Lipinski definition) is 9. The molecule has 2 aliphatic heterocycles. The third kappa shape index (κ3) is 3.57. The first-order valence-corrected chi connectivity index (χ1v) is 9.08. The van der Waals surface area contributed by atoms with Crippen LogP contribution in [0.1, 0.15) is 5.56 Å². The Morgan fingerprint density at radius 2 is 1.73 bits per heavy atom. The van der Waals surface area contributed by atoms with Crippen molar-refractivity contribution < 1.29 is 50.0 Å². The van der Waals surface area contributed by atoms with E-state index in [0.29, 0.717) is 11.1 Å². The lowest BCUT2D eigenvalue weighted by molar-refractivity contribution is -0.257. The molecule has 0 saturated carbocycles. The maximum Gasteiger partial charge on any atom is 0.305 e. The number of hydrogen-bond donors (Lipinski definition) is 7. The molecule has 4 rings (SSSR count). The molecule has 3 aliphatic rings. The van der Waals surface area contributed by atoms with Crippen LogP contribution in [0.4, 0.5) is 0 Å². The van der Waals surface area contributed by atoms with Crippen molar-refractivity contribution >= 4 is 5.76 Å². The molecule has 1 aliphatic carbocycles. The Kier molecular flexibility index (Phi) is 5.08. The van der Waals surface area contributed by atoms with Crippen LogP contribution < -0.4 is 0 Å². The molecule has 0 radical (unpaired) electrons. The van der Waals surface area contributed by atoms with Gasteiger partial charge in [-0.05, 0) is 12.1 Å². The lowest BCUT2D eigenvalue weighted by Gasteiger charge is -2.36. The van der Waals surface area contributed by atoms with Crippen LogP contribution in [-0.4, -0.2) is 77.8 Å². The van der Waals surface area contributed by atoms with Gasteiger partial charge in [0, 0.05) is 18.2 Å². The van der Waals surface area contributed by atoms with Gasteiger partial charge in [-0.1, -0.05) is 0 Å². The lowest BCUT2D eigenvalue weighted by Crippen LogP contribution is -2.53. The van der Waals surface area contributed by atoms with Crippen LogP contribution in [0.25, 0.3) is 5.76 Å². The highest BCUT2D eigenvalue weighted by Crippen LogP contribution is 2.37. The van der Waals surface area contributed by atoms with Crippen LogP contribution in [0.3, 0.4) is 0 Å². The van der Waals surface area contributed by atoms with E-state index in [2.05, 4.69) is 4.74 Å². The third-order valence-corrected chi connectivity index (χ3v) is 4.96. The summed E-state index contributed by atoms with van der Waals surface area (Å²) in [4.78, 5) is 0. The number of phenolic OH excluding ortho intramolecular Hbond substituents is 2. The van der Waals surface area contributed by atoms with E-state index in [9.17, 15) is 35.7 Å². The smallest absolute Gasteiger partial charge is 0.305 e. The van der Waals surface area contributed by atoms with Gasteiger partial charge in [0.1, 0.15) is 29.8 Å². The van der Waals surface area contributed by atoms with Gasteiger partial charge in [-0.3, -0.25) is 0 Å². The van der Waals surface area contributed by atoms with Gasteiger partial charge >= 0.3 is 5.76 Å². The summed E-state index contributed by atoms with van der Waals surface area (Å²) in [5, 5.41) is 69.1. The molecule has 1 aromatic carbocycles. The molecular formula is C20H21O10+. The fraction of sp³-hybridized carbons (Fsp3) is 0.300. The number of aliphatic hydroxyl groups is 7. The summed E-state index contributed by atoms with van der Waals surface area (Å²) in [6, 6.07) is 3.96. The number of allylic oxidation sites excluding steroid dienone is 2. The summed E-state index contributed by atoms with van der Waals surface area (Å²) in [6.45, 7) is -0.274. The highest BCUT2D eigenvalue weighted by Gasteiger charge is 2.42. The number of aliphatic hydroxyl groups excluding tert-OH is 5. The van der Waals surface area contributed by atoms with E-state index in [4.69, 9.17) is 9.47 Å². The zero-order chi connectivity index (χ0) is 21.6. The van der Waals surface area contributed by atoms with Gasteiger partial charge in [-0.2, -0.15) is 0 Å². The average Bonchev–Trinajstić information content (AvgIpc) is 2.70. The largest absolute Gasteiger partial charge is 0.571 e. The Morgan fingerprint density at radius 1 is 0.967 bits per heavy atom. The molecule has 30 heavy (non-hydrogen) atoms. The highest BCUT2D eigenvalue weighted by molar-refractivity contribution is 5.69. The number of aromatic hydroxyl groups is 2. The first-order chi connectivity index (χ1) is 14.2. The van der Waals surface area contributed by atoms with Gasteiger partial charge in [0.05, 0.1) is 23.8 Å². The van der Waals surface area contributed by atoms with Crippen LogP contribution >= 0.6 is 0 Å². The molecule has 1 aromatic rings. The quantitative estimate of drug-likeness (QED) is 0.261. The zero-order valence-electron chi connectivity index (χ0n) is 15.5. The van der Waals surface area contributed by atoms with Crippen molar-refractivity contribution in [1.29, 1.82) is 0 Å². The Balaban J connectivity index is 1.75. The van der Waals surface area contributed by atoms with E-state index < -0.39 is 36.5 Å². The molecule has 1 fully saturated rings. The second kappa shape index (κ2) is 7.58. The van der Waals surface area contributed by atoms with E-state index in [1.807, 2.05) is 0 Å². The van der Waals surface area contributed by atoms with Gasteiger partial charge in [0.2, 0.25) is 18.2 Å². The molecule has 0 bridgehead atoms. The minimum atomic E-state index is -1.56. The maximum atomic E-state index is 10.2. The first kappa shape index (κ1) is 20.1. The van der Waals surface area contributed by atoms with Gasteiger partial charge in [0.15, 0.2) is 11.5 Å². The second-order valence-corrected chi connectivity index (χ2v) is 7.08. The molecule has 8 N–H and O–H groups in total. The molecule has 3 unspecified atom stereocenters. The van der Waals surface area contributed by atoms with Crippen LogP contribution in [0.2, 0.25) is 0 Å². The summed E-state index contributed by atoms with van der Waals surface area (Å²) in [5.74, 6) is -0.950. The SMILES string of the molecule is OC1=CC2[OH+]C(c3ccc(O)c(O)c3)=C(OC3OC[C@@H](O)[C@H](O)C3O)C=C2C(O)=C1. The normalized spacial score (nSPS) is 31.2. The Bertz CT molecular complexity index is 976. The Morgan fingerprint density at radius 3 is 2.47 bits per heavy atom. The summed E-state index contributed by atoms with van der Waals surface area (Å²) < 4.78 is 15.5. The van der Waals surface area contributed by atoms with E-state index in [0.717, 1.165) is 6.08 Å². The molecule has 160 valence electrons. The maximum absolute atomic E-state index is 10.2. The van der Waals surface area contributed by atoms with Crippen molar-refractivity contribution in [1.82, 2.24) is 0 Å². The zero-order valence-corrected chi connectivity index (χ0v) is 15.5. The average molecular weight is 421 g/mol. The molecular weight excluding hydrogens is 400 g/mol. The molecule has 0 amide bonds. The summed E-state index contributed by atoms with van der Waals surface area (Å²) in [7, 11) is 0. The standard InChI is InChI=1S/C20H20O10/c21-9-4-12(23)10-6-16(30-20-18(27)17(26)14(25)7-28-20)19(29-15(10)5-9)8-1-2-11(22)13(24)3-8/h1-6,14-15,17-18,20-27H,7H2/p+1/t14-,15?,17+,18?,20?/m1/s1. The number of ether oxygens (including phenoxy) is 3. The minimum Gasteiger partial charge on any atom is -0.571 e. The highest BCUT2D eigenvalue weighted by atomic mass is 16.7. The molecule has 0 aromatic heterocycles. The van der Waals surface area contributed by atoms with Gasteiger partial charge in [-0.15, -0.1) is 0 Å². The lowest BCUT2D eigenvalue weighted by atomic mass is 9.97. The summed E-state index contributed by atoms with van der Waals surface area (Å²) >= 11 is 0. The fourth-order valence-electron chi connectivity index (χ4n) is 3.34. The molecule has 10 nitrogen and oxygen atoms in total. The number of phenols is 2. The fourth-order valence-corrected chi connectivity index (χ4v) is 3.34. The summed E-state index contributed by atoms with van der Waals surface area (Å²) in [5.41, 5.74) is 0.642. The van der Waals surface area contributed by atoms with Gasteiger partial charge in [0.25, 0.3) is 0 Å². The van der Waals surface area contributed by atoms with E-state index in [-0.39, 0.29) is 35.4 Å². The van der Waals surface area contributed by atoms with Crippen molar-refractivity contribution in [3.63, 3.8) is 0 Å². The number of rotatable bonds is 3. The number of benzene rings is 1. The molecule has 10 heteroatoms. The van der Waals surface area contributed by atoms with Crippen molar-refractivity contribution in [3.05, 3.63) is 64.8 Å². The van der Waals surface area contributed by atoms with Crippen molar-refractivity contribution in [2.75, 3.05) is 6.61 Å². The summed E-state index contributed by atoms with van der Waals surface area (Å²) in [6.07, 6.45) is -2.47. The van der Waals surface area contributed by atoms with Crippen LogP contribution in [0, 0.1) is 0 Å². The van der Waals surface area contributed by atoms with Crippen LogP contribution in [0.15, 0.2) is 59.3 Å². The van der Waals surface area contributed by atoms with Gasteiger partial charge < -0.3 is 50.0 Å². The van der Waals surface area contributed by atoms with Gasteiger partial charge in [-0.25, -0.2) is 0 Å².